The fourth-order valence-electron chi connectivity index (χ4n) is 3.63. The summed E-state index contributed by atoms with van der Waals surface area (Å²) in [5.41, 5.74) is 3.25. The topological polar surface area (TPSA) is 40.2 Å². The molecule has 2 aromatic rings. The highest BCUT2D eigenvalue weighted by Gasteiger charge is 2.14. The molecule has 0 radical (unpaired) electrons. The summed E-state index contributed by atoms with van der Waals surface area (Å²) in [6.07, 6.45) is 1.03. The van der Waals surface area contributed by atoms with Crippen molar-refractivity contribution in [1.29, 1.82) is 0 Å². The van der Waals surface area contributed by atoms with Crippen LogP contribution in [0, 0.1) is 0 Å². The molecule has 0 amide bonds. The standard InChI is InChI=1S/C24H33ClN4O2S/c1-27(2)21-8-5-19(6-9-21)18-29(12-4-11-28-13-15-31-16-14-28)24(32)26-20-7-10-23(30-3)22(25)17-20/h5-10,17H,4,11-16,18H2,1-3H3,(H,26,32). The minimum absolute atomic E-state index is 0.554. The highest BCUT2D eigenvalue weighted by molar-refractivity contribution is 7.80. The lowest BCUT2D eigenvalue weighted by Crippen LogP contribution is -2.40. The van der Waals surface area contributed by atoms with Gasteiger partial charge in [-0.25, -0.2) is 0 Å². The van der Waals surface area contributed by atoms with Crippen LogP contribution in [0.1, 0.15) is 12.0 Å². The van der Waals surface area contributed by atoms with Gasteiger partial charge in [-0.2, -0.15) is 0 Å². The van der Waals surface area contributed by atoms with Crippen LogP contribution < -0.4 is 15.0 Å². The van der Waals surface area contributed by atoms with Gasteiger partial charge < -0.3 is 24.6 Å². The molecule has 1 N–H and O–H groups in total. The van der Waals surface area contributed by atoms with E-state index in [1.807, 2.05) is 32.3 Å². The highest BCUT2D eigenvalue weighted by Crippen LogP contribution is 2.27. The lowest BCUT2D eigenvalue weighted by atomic mass is 10.2. The second-order valence-corrected chi connectivity index (χ2v) is 8.86. The minimum atomic E-state index is 0.554. The summed E-state index contributed by atoms with van der Waals surface area (Å²) in [4.78, 5) is 6.77. The van der Waals surface area contributed by atoms with Crippen LogP contribution in [-0.2, 0) is 11.3 Å². The number of nitrogens with one attached hydrogen (secondary N) is 1. The molecule has 0 aromatic heterocycles. The van der Waals surface area contributed by atoms with Crippen molar-refractivity contribution in [2.24, 2.45) is 0 Å². The number of halogens is 1. The van der Waals surface area contributed by atoms with Gasteiger partial charge in [-0.1, -0.05) is 23.7 Å². The van der Waals surface area contributed by atoms with E-state index in [-0.39, 0.29) is 0 Å². The molecule has 0 spiro atoms. The number of ether oxygens (including phenoxy) is 2. The molecule has 6 nitrogen and oxygen atoms in total. The Balaban J connectivity index is 1.66. The Labute approximate surface area is 202 Å². The fourth-order valence-corrected chi connectivity index (χ4v) is 4.16. The first-order valence-corrected chi connectivity index (χ1v) is 11.7. The third-order valence-electron chi connectivity index (χ3n) is 5.52. The number of benzene rings is 2. The minimum Gasteiger partial charge on any atom is -0.495 e. The van der Waals surface area contributed by atoms with Gasteiger partial charge in [0.1, 0.15) is 5.75 Å². The van der Waals surface area contributed by atoms with Crippen LogP contribution in [0.3, 0.4) is 0 Å². The molecule has 0 aliphatic carbocycles. The van der Waals surface area contributed by atoms with Gasteiger partial charge in [-0.05, 0) is 54.5 Å². The zero-order chi connectivity index (χ0) is 22.9. The Morgan fingerprint density at radius 3 is 2.50 bits per heavy atom. The second kappa shape index (κ2) is 12.3. The number of anilines is 2. The number of nitrogens with zero attached hydrogens (tertiary/aromatic N) is 3. The normalized spacial score (nSPS) is 14.1. The van der Waals surface area contributed by atoms with Crippen molar-refractivity contribution in [1.82, 2.24) is 9.80 Å². The second-order valence-electron chi connectivity index (χ2n) is 8.07. The van der Waals surface area contributed by atoms with Gasteiger partial charge in [0, 0.05) is 58.2 Å². The molecular formula is C24H33ClN4O2S. The van der Waals surface area contributed by atoms with E-state index in [4.69, 9.17) is 33.3 Å². The van der Waals surface area contributed by atoms with Gasteiger partial charge >= 0.3 is 0 Å². The average Bonchev–Trinajstić information content (AvgIpc) is 2.79. The van der Waals surface area contributed by atoms with Crippen LogP contribution in [0.5, 0.6) is 5.75 Å². The van der Waals surface area contributed by atoms with Crippen LogP contribution in [0.15, 0.2) is 42.5 Å². The molecule has 32 heavy (non-hydrogen) atoms. The Bertz CT molecular complexity index is 873. The maximum Gasteiger partial charge on any atom is 0.173 e. The molecule has 1 heterocycles. The van der Waals surface area contributed by atoms with E-state index in [9.17, 15) is 0 Å². The maximum absolute atomic E-state index is 6.29. The number of morpholine rings is 1. The SMILES string of the molecule is COc1ccc(NC(=S)N(CCCN2CCOCC2)Cc2ccc(N(C)C)cc2)cc1Cl. The van der Waals surface area contributed by atoms with Gasteiger partial charge in [0.05, 0.1) is 25.3 Å². The first-order valence-electron chi connectivity index (χ1n) is 10.9. The monoisotopic (exact) mass is 476 g/mol. The molecule has 0 unspecified atom stereocenters. The van der Waals surface area contributed by atoms with E-state index in [1.165, 1.54) is 11.3 Å². The summed E-state index contributed by atoms with van der Waals surface area (Å²) in [5.74, 6) is 0.645. The molecule has 1 aliphatic rings. The van der Waals surface area contributed by atoms with E-state index in [2.05, 4.69) is 44.3 Å². The molecule has 3 rings (SSSR count). The lowest BCUT2D eigenvalue weighted by molar-refractivity contribution is 0.0368. The molecule has 2 aromatic carbocycles. The van der Waals surface area contributed by atoms with Crippen molar-refractivity contribution in [3.05, 3.63) is 53.1 Å². The predicted molar refractivity (Wildman–Crippen MR) is 137 cm³/mol. The Morgan fingerprint density at radius 1 is 1.16 bits per heavy atom. The maximum atomic E-state index is 6.29. The molecule has 0 bridgehead atoms. The quantitative estimate of drug-likeness (QED) is 0.540. The number of hydrogen-bond acceptors (Lipinski definition) is 5. The van der Waals surface area contributed by atoms with Gasteiger partial charge in [0.2, 0.25) is 0 Å². The number of rotatable bonds is 9. The zero-order valence-electron chi connectivity index (χ0n) is 19.1. The first-order chi connectivity index (χ1) is 15.5. The van der Waals surface area contributed by atoms with Crippen LogP contribution >= 0.6 is 23.8 Å². The molecule has 0 atom stereocenters. The van der Waals surface area contributed by atoms with Crippen LogP contribution in [0.4, 0.5) is 11.4 Å². The summed E-state index contributed by atoms with van der Waals surface area (Å²) in [6, 6.07) is 14.2. The smallest absolute Gasteiger partial charge is 0.173 e. The molecule has 1 aliphatic heterocycles. The third-order valence-corrected chi connectivity index (χ3v) is 6.18. The highest BCUT2D eigenvalue weighted by atomic mass is 35.5. The van der Waals surface area contributed by atoms with Crippen molar-refractivity contribution in [2.45, 2.75) is 13.0 Å². The summed E-state index contributed by atoms with van der Waals surface area (Å²) < 4.78 is 10.7. The van der Waals surface area contributed by atoms with E-state index < -0.39 is 0 Å². The summed E-state index contributed by atoms with van der Waals surface area (Å²) in [6.45, 7) is 6.28. The molecule has 1 fully saturated rings. The predicted octanol–water partition coefficient (Wildman–Crippen LogP) is 4.34. The van der Waals surface area contributed by atoms with Crippen molar-refractivity contribution in [2.75, 3.05) is 70.8 Å². The van der Waals surface area contributed by atoms with Crippen molar-refractivity contribution >= 4 is 40.3 Å². The number of hydrogen-bond donors (Lipinski definition) is 1. The van der Waals surface area contributed by atoms with E-state index in [0.717, 1.165) is 58.0 Å². The van der Waals surface area contributed by atoms with E-state index in [1.54, 1.807) is 7.11 Å². The summed E-state index contributed by atoms with van der Waals surface area (Å²) >= 11 is 12.1. The van der Waals surface area contributed by atoms with E-state index >= 15 is 0 Å². The van der Waals surface area contributed by atoms with Crippen LogP contribution in [-0.4, -0.2) is 75.5 Å². The number of methoxy groups -OCH3 is 1. The first kappa shape index (κ1) is 24.6. The Kier molecular flexibility index (Phi) is 9.41. The Morgan fingerprint density at radius 2 is 1.88 bits per heavy atom. The van der Waals surface area contributed by atoms with Gasteiger partial charge in [-0.15, -0.1) is 0 Å². The Hall–Kier alpha value is -2.06. The molecule has 1 saturated heterocycles. The van der Waals surface area contributed by atoms with Gasteiger partial charge in [0.15, 0.2) is 5.11 Å². The molecule has 8 heteroatoms. The molecule has 174 valence electrons. The van der Waals surface area contributed by atoms with Crippen molar-refractivity contribution < 1.29 is 9.47 Å². The molecule has 0 saturated carbocycles. The largest absolute Gasteiger partial charge is 0.495 e. The van der Waals surface area contributed by atoms with Crippen molar-refractivity contribution in [3.63, 3.8) is 0 Å². The number of thiocarbonyl (C=S) groups is 1. The summed E-state index contributed by atoms with van der Waals surface area (Å²) in [5, 5.41) is 4.59. The van der Waals surface area contributed by atoms with Crippen LogP contribution in [0.2, 0.25) is 5.02 Å². The van der Waals surface area contributed by atoms with E-state index in [0.29, 0.717) is 15.9 Å². The van der Waals surface area contributed by atoms with Gasteiger partial charge in [0.25, 0.3) is 0 Å². The average molecular weight is 477 g/mol. The molecular weight excluding hydrogens is 444 g/mol. The fraction of sp³-hybridized carbons (Fsp3) is 0.458. The van der Waals surface area contributed by atoms with Gasteiger partial charge in [-0.3, -0.25) is 4.90 Å². The van der Waals surface area contributed by atoms with Crippen LogP contribution in [0.25, 0.3) is 0 Å². The summed E-state index contributed by atoms with van der Waals surface area (Å²) in [7, 11) is 5.70. The van der Waals surface area contributed by atoms with Crippen molar-refractivity contribution in [3.8, 4) is 5.75 Å². The lowest BCUT2D eigenvalue weighted by Gasteiger charge is -2.30. The third kappa shape index (κ3) is 7.24. The zero-order valence-corrected chi connectivity index (χ0v) is 20.7.